The second kappa shape index (κ2) is 4.12. The molecule has 0 bridgehead atoms. The van der Waals surface area contributed by atoms with Gasteiger partial charge in [-0.1, -0.05) is 6.07 Å². The normalized spacial score (nSPS) is 9.92. The zero-order valence-corrected chi connectivity index (χ0v) is 7.50. The third-order valence-electron chi connectivity index (χ3n) is 1.93. The third-order valence-corrected chi connectivity index (χ3v) is 1.93. The van der Waals surface area contributed by atoms with Gasteiger partial charge in [-0.05, 0) is 36.6 Å². The molecule has 0 spiro atoms. The fourth-order valence-corrected chi connectivity index (χ4v) is 1.20. The van der Waals surface area contributed by atoms with E-state index in [0.717, 1.165) is 12.2 Å². The molecule has 0 saturated carbocycles. The van der Waals surface area contributed by atoms with Crippen molar-refractivity contribution in [2.24, 2.45) is 0 Å². The Bertz CT molecular complexity index is 256. The maximum absolute atomic E-state index is 8.74. The molecule has 0 aliphatic rings. The molecule has 0 aliphatic carbocycles. The lowest BCUT2D eigenvalue weighted by Crippen LogP contribution is -1.94. The quantitative estimate of drug-likeness (QED) is 0.738. The summed E-state index contributed by atoms with van der Waals surface area (Å²) in [4.78, 5) is 0. The summed E-state index contributed by atoms with van der Waals surface area (Å²) in [6.07, 6.45) is 0.718. The Morgan fingerprint density at radius 2 is 2.17 bits per heavy atom. The molecule has 2 heteroatoms. The van der Waals surface area contributed by atoms with Gasteiger partial charge in [0.05, 0.1) is 7.11 Å². The number of aliphatic hydroxyl groups is 1. The summed E-state index contributed by atoms with van der Waals surface area (Å²) in [5.41, 5.74) is 2.35. The molecule has 0 unspecified atom stereocenters. The van der Waals surface area contributed by atoms with Gasteiger partial charge in [0.15, 0.2) is 0 Å². The van der Waals surface area contributed by atoms with E-state index >= 15 is 0 Å². The van der Waals surface area contributed by atoms with Crippen LogP contribution in [0.1, 0.15) is 11.1 Å². The van der Waals surface area contributed by atoms with Crippen LogP contribution in [0.25, 0.3) is 0 Å². The van der Waals surface area contributed by atoms with Crippen LogP contribution in [0.3, 0.4) is 0 Å². The van der Waals surface area contributed by atoms with E-state index in [1.807, 2.05) is 25.1 Å². The zero-order chi connectivity index (χ0) is 8.97. The van der Waals surface area contributed by atoms with Crippen molar-refractivity contribution in [1.29, 1.82) is 0 Å². The predicted octanol–water partition coefficient (Wildman–Crippen LogP) is 1.54. The van der Waals surface area contributed by atoms with Crippen LogP contribution in [-0.4, -0.2) is 18.8 Å². The molecule has 0 fully saturated rings. The van der Waals surface area contributed by atoms with Crippen LogP contribution >= 0.6 is 0 Å². The van der Waals surface area contributed by atoms with Crippen LogP contribution in [0.2, 0.25) is 0 Å². The highest BCUT2D eigenvalue weighted by atomic mass is 16.5. The number of rotatable bonds is 3. The maximum atomic E-state index is 8.74. The lowest BCUT2D eigenvalue weighted by atomic mass is 10.1. The van der Waals surface area contributed by atoms with Crippen molar-refractivity contribution in [2.45, 2.75) is 13.3 Å². The van der Waals surface area contributed by atoms with Crippen LogP contribution in [-0.2, 0) is 6.42 Å². The molecule has 1 N–H and O–H groups in total. The minimum atomic E-state index is 0.202. The number of aryl methyl sites for hydroxylation is 1. The highest BCUT2D eigenvalue weighted by Gasteiger charge is 1.98. The standard InChI is InChI=1S/C10H14O2/c1-8-7-10(12-2)4-3-9(8)5-6-11/h3-4,7,11H,5-6H2,1-2H3. The van der Waals surface area contributed by atoms with E-state index in [1.165, 1.54) is 11.1 Å². The second-order valence-corrected chi connectivity index (χ2v) is 2.77. The summed E-state index contributed by atoms with van der Waals surface area (Å²) in [5.74, 6) is 0.870. The van der Waals surface area contributed by atoms with Crippen LogP contribution in [0, 0.1) is 6.92 Å². The molecular weight excluding hydrogens is 152 g/mol. The van der Waals surface area contributed by atoms with Crippen molar-refractivity contribution in [1.82, 2.24) is 0 Å². The molecule has 66 valence electrons. The van der Waals surface area contributed by atoms with Gasteiger partial charge in [0.25, 0.3) is 0 Å². The minimum Gasteiger partial charge on any atom is -0.497 e. The van der Waals surface area contributed by atoms with Gasteiger partial charge in [0.1, 0.15) is 5.75 Å². The van der Waals surface area contributed by atoms with Crippen molar-refractivity contribution in [2.75, 3.05) is 13.7 Å². The van der Waals surface area contributed by atoms with Gasteiger partial charge in [-0.2, -0.15) is 0 Å². The molecule has 1 aromatic rings. The van der Waals surface area contributed by atoms with E-state index in [2.05, 4.69) is 0 Å². The molecular formula is C10H14O2. The van der Waals surface area contributed by atoms with Gasteiger partial charge in [-0.3, -0.25) is 0 Å². The molecule has 0 heterocycles. The van der Waals surface area contributed by atoms with E-state index in [0.29, 0.717) is 0 Å². The summed E-state index contributed by atoms with van der Waals surface area (Å²) in [5, 5.41) is 8.74. The third kappa shape index (κ3) is 1.98. The molecule has 0 radical (unpaired) electrons. The molecule has 0 saturated heterocycles. The van der Waals surface area contributed by atoms with Crippen molar-refractivity contribution in [3.63, 3.8) is 0 Å². The fourth-order valence-electron chi connectivity index (χ4n) is 1.20. The summed E-state index contributed by atoms with van der Waals surface area (Å²) in [6.45, 7) is 2.22. The first-order valence-corrected chi connectivity index (χ1v) is 4.02. The Kier molecular flexibility index (Phi) is 3.11. The molecule has 0 aliphatic heterocycles. The molecule has 0 aromatic heterocycles. The lowest BCUT2D eigenvalue weighted by Gasteiger charge is -2.05. The van der Waals surface area contributed by atoms with E-state index in [9.17, 15) is 0 Å². The summed E-state index contributed by atoms with van der Waals surface area (Å²) >= 11 is 0. The maximum Gasteiger partial charge on any atom is 0.119 e. The monoisotopic (exact) mass is 166 g/mol. The number of benzene rings is 1. The molecule has 1 rings (SSSR count). The minimum absolute atomic E-state index is 0.202. The molecule has 2 nitrogen and oxygen atoms in total. The Morgan fingerprint density at radius 1 is 1.42 bits per heavy atom. The molecule has 0 amide bonds. The topological polar surface area (TPSA) is 29.5 Å². The molecule has 0 atom stereocenters. The summed E-state index contributed by atoms with van der Waals surface area (Å²) < 4.78 is 5.07. The van der Waals surface area contributed by atoms with Crippen molar-refractivity contribution < 1.29 is 9.84 Å². The van der Waals surface area contributed by atoms with Crippen molar-refractivity contribution in [3.05, 3.63) is 29.3 Å². The Hall–Kier alpha value is -1.02. The second-order valence-electron chi connectivity index (χ2n) is 2.77. The average Bonchev–Trinajstić information content (AvgIpc) is 2.09. The van der Waals surface area contributed by atoms with Gasteiger partial charge in [-0.15, -0.1) is 0 Å². The van der Waals surface area contributed by atoms with Crippen LogP contribution < -0.4 is 4.74 Å². The fraction of sp³-hybridized carbons (Fsp3) is 0.400. The number of hydrogen-bond acceptors (Lipinski definition) is 2. The molecule has 12 heavy (non-hydrogen) atoms. The van der Waals surface area contributed by atoms with Crippen LogP contribution in [0.4, 0.5) is 0 Å². The van der Waals surface area contributed by atoms with Gasteiger partial charge in [0, 0.05) is 6.61 Å². The number of ether oxygens (including phenoxy) is 1. The van der Waals surface area contributed by atoms with Crippen LogP contribution in [0.15, 0.2) is 18.2 Å². The number of hydrogen-bond donors (Lipinski definition) is 1. The Morgan fingerprint density at radius 3 is 2.67 bits per heavy atom. The van der Waals surface area contributed by atoms with Gasteiger partial charge in [0.2, 0.25) is 0 Å². The van der Waals surface area contributed by atoms with E-state index in [4.69, 9.17) is 9.84 Å². The lowest BCUT2D eigenvalue weighted by molar-refractivity contribution is 0.299. The summed E-state index contributed by atoms with van der Waals surface area (Å²) in [7, 11) is 1.65. The van der Waals surface area contributed by atoms with E-state index in [1.54, 1.807) is 7.11 Å². The average molecular weight is 166 g/mol. The van der Waals surface area contributed by atoms with Gasteiger partial charge in [-0.25, -0.2) is 0 Å². The zero-order valence-electron chi connectivity index (χ0n) is 7.50. The largest absolute Gasteiger partial charge is 0.497 e. The first kappa shape index (κ1) is 9.07. The first-order chi connectivity index (χ1) is 5.77. The van der Waals surface area contributed by atoms with Gasteiger partial charge < -0.3 is 9.84 Å². The first-order valence-electron chi connectivity index (χ1n) is 4.02. The Balaban J connectivity index is 2.87. The Labute approximate surface area is 72.8 Å². The summed E-state index contributed by atoms with van der Waals surface area (Å²) in [6, 6.07) is 5.88. The highest BCUT2D eigenvalue weighted by Crippen LogP contribution is 2.16. The smallest absolute Gasteiger partial charge is 0.119 e. The molecule has 1 aromatic carbocycles. The van der Waals surface area contributed by atoms with E-state index < -0.39 is 0 Å². The SMILES string of the molecule is COc1ccc(CCO)c(C)c1. The van der Waals surface area contributed by atoms with Crippen molar-refractivity contribution >= 4 is 0 Å². The number of aliphatic hydroxyl groups excluding tert-OH is 1. The van der Waals surface area contributed by atoms with Crippen molar-refractivity contribution in [3.8, 4) is 5.75 Å². The number of methoxy groups -OCH3 is 1. The predicted molar refractivity (Wildman–Crippen MR) is 48.5 cm³/mol. The van der Waals surface area contributed by atoms with Crippen LogP contribution in [0.5, 0.6) is 5.75 Å². The van der Waals surface area contributed by atoms with Gasteiger partial charge >= 0.3 is 0 Å². The van der Waals surface area contributed by atoms with E-state index in [-0.39, 0.29) is 6.61 Å². The highest BCUT2D eigenvalue weighted by molar-refractivity contribution is 5.34.